The van der Waals surface area contributed by atoms with E-state index in [-0.39, 0.29) is 0 Å². The van der Waals surface area contributed by atoms with Crippen LogP contribution in [-0.2, 0) is 4.74 Å². The van der Waals surface area contributed by atoms with Gasteiger partial charge in [-0.3, -0.25) is 0 Å². The Morgan fingerprint density at radius 3 is 2.72 bits per heavy atom. The Morgan fingerprint density at radius 2 is 2.11 bits per heavy atom. The van der Waals surface area contributed by atoms with E-state index >= 15 is 0 Å². The first-order chi connectivity index (χ1) is 8.81. The molecule has 1 N–H and O–H groups in total. The van der Waals surface area contributed by atoms with Gasteiger partial charge in [-0.25, -0.2) is 0 Å². The van der Waals surface area contributed by atoms with E-state index in [0.717, 1.165) is 50.7 Å². The Hall–Kier alpha value is -1.20. The quantitative estimate of drug-likeness (QED) is 0.845. The summed E-state index contributed by atoms with van der Waals surface area (Å²) in [7, 11) is 3.99. The van der Waals surface area contributed by atoms with Crippen molar-refractivity contribution >= 4 is 5.82 Å². The molecule has 0 aromatic carbocycles. The third kappa shape index (κ3) is 3.40. The molecular weight excluding hydrogens is 228 g/mol. The zero-order valence-corrected chi connectivity index (χ0v) is 11.2. The predicted octanol–water partition coefficient (Wildman–Crippen LogP) is 1.03. The summed E-state index contributed by atoms with van der Waals surface area (Å²) in [5.41, 5.74) is 1.10. The van der Waals surface area contributed by atoms with Crippen LogP contribution in [0.5, 0.6) is 0 Å². The highest BCUT2D eigenvalue weighted by Crippen LogP contribution is 2.25. The van der Waals surface area contributed by atoms with E-state index in [4.69, 9.17) is 4.74 Å². The minimum Gasteiger partial charge on any atom is -0.381 e. The fraction of sp³-hybridized carbons (Fsp3) is 0.692. The molecule has 1 aliphatic heterocycles. The normalized spacial score (nSPS) is 16.8. The highest BCUT2D eigenvalue weighted by molar-refractivity contribution is 5.36. The van der Waals surface area contributed by atoms with Gasteiger partial charge in [-0.2, -0.15) is 5.10 Å². The van der Waals surface area contributed by atoms with Crippen molar-refractivity contribution in [2.75, 3.05) is 45.3 Å². The molecule has 18 heavy (non-hydrogen) atoms. The molecule has 1 fully saturated rings. The SMILES string of the molecule is CNCCN(C)c1ccc(C2CCOCC2)nn1. The molecular formula is C13H22N4O. The van der Waals surface area contributed by atoms with E-state index in [2.05, 4.69) is 32.5 Å². The molecule has 0 saturated carbocycles. The van der Waals surface area contributed by atoms with E-state index in [1.54, 1.807) is 0 Å². The summed E-state index contributed by atoms with van der Waals surface area (Å²) in [6.45, 7) is 3.56. The second-order valence-corrected chi connectivity index (χ2v) is 4.73. The highest BCUT2D eigenvalue weighted by atomic mass is 16.5. The maximum atomic E-state index is 5.36. The maximum absolute atomic E-state index is 5.36. The van der Waals surface area contributed by atoms with Gasteiger partial charge in [0.2, 0.25) is 0 Å². The summed E-state index contributed by atoms with van der Waals surface area (Å²) in [6, 6.07) is 4.17. The topological polar surface area (TPSA) is 50.3 Å². The summed E-state index contributed by atoms with van der Waals surface area (Å²) in [5, 5.41) is 11.8. The lowest BCUT2D eigenvalue weighted by Gasteiger charge is -2.22. The molecule has 1 aliphatic rings. The van der Waals surface area contributed by atoms with Crippen LogP contribution in [-0.4, -0.2) is 50.6 Å². The fourth-order valence-electron chi connectivity index (χ4n) is 2.14. The van der Waals surface area contributed by atoms with Crippen LogP contribution in [0.3, 0.4) is 0 Å². The lowest BCUT2D eigenvalue weighted by molar-refractivity contribution is 0.0843. The Labute approximate surface area is 109 Å². The summed E-state index contributed by atoms with van der Waals surface area (Å²) in [4.78, 5) is 2.11. The van der Waals surface area contributed by atoms with Gasteiger partial charge < -0.3 is 15.0 Å². The number of nitrogens with zero attached hydrogens (tertiary/aromatic N) is 3. The predicted molar refractivity (Wildman–Crippen MR) is 72.0 cm³/mol. The Morgan fingerprint density at radius 1 is 1.33 bits per heavy atom. The first kappa shape index (κ1) is 13.2. The van der Waals surface area contributed by atoms with E-state index in [0.29, 0.717) is 5.92 Å². The van der Waals surface area contributed by atoms with E-state index in [1.807, 2.05) is 14.1 Å². The number of anilines is 1. The molecule has 0 amide bonds. The van der Waals surface area contributed by atoms with Gasteiger partial charge in [-0.05, 0) is 32.0 Å². The molecule has 2 heterocycles. The second-order valence-electron chi connectivity index (χ2n) is 4.73. The molecule has 5 nitrogen and oxygen atoms in total. The van der Waals surface area contributed by atoms with Gasteiger partial charge in [0.15, 0.2) is 5.82 Å². The molecule has 1 aromatic heterocycles. The molecule has 0 spiro atoms. The molecule has 0 unspecified atom stereocenters. The van der Waals surface area contributed by atoms with E-state index < -0.39 is 0 Å². The second kappa shape index (κ2) is 6.66. The zero-order valence-electron chi connectivity index (χ0n) is 11.2. The lowest BCUT2D eigenvalue weighted by Crippen LogP contribution is -2.28. The Balaban J connectivity index is 1.95. The van der Waals surface area contributed by atoms with Crippen molar-refractivity contribution in [2.45, 2.75) is 18.8 Å². The molecule has 0 aliphatic carbocycles. The van der Waals surface area contributed by atoms with Crippen molar-refractivity contribution in [3.05, 3.63) is 17.8 Å². The zero-order chi connectivity index (χ0) is 12.8. The number of aromatic nitrogens is 2. The van der Waals surface area contributed by atoms with Gasteiger partial charge in [-0.15, -0.1) is 5.10 Å². The summed E-state index contributed by atoms with van der Waals surface area (Å²) in [5.74, 6) is 1.45. The van der Waals surface area contributed by atoms with Crippen molar-refractivity contribution in [3.63, 3.8) is 0 Å². The first-order valence-corrected chi connectivity index (χ1v) is 6.58. The van der Waals surface area contributed by atoms with Gasteiger partial charge in [0, 0.05) is 39.3 Å². The van der Waals surface area contributed by atoms with Crippen molar-refractivity contribution in [2.24, 2.45) is 0 Å². The van der Waals surface area contributed by atoms with E-state index in [9.17, 15) is 0 Å². The summed E-state index contributed by atoms with van der Waals surface area (Å²) < 4.78 is 5.36. The first-order valence-electron chi connectivity index (χ1n) is 6.58. The minimum atomic E-state index is 0.517. The van der Waals surface area contributed by atoms with Crippen molar-refractivity contribution in [1.82, 2.24) is 15.5 Å². The third-order valence-electron chi connectivity index (χ3n) is 3.40. The standard InChI is InChI=1S/C13H22N4O/c1-14-7-8-17(2)13-4-3-12(15-16-13)11-5-9-18-10-6-11/h3-4,11,14H,5-10H2,1-2H3. The third-order valence-corrected chi connectivity index (χ3v) is 3.40. The van der Waals surface area contributed by atoms with Gasteiger partial charge in [0.1, 0.15) is 0 Å². The van der Waals surface area contributed by atoms with Gasteiger partial charge in [0.25, 0.3) is 0 Å². The number of ether oxygens (including phenoxy) is 1. The van der Waals surface area contributed by atoms with Crippen molar-refractivity contribution < 1.29 is 4.74 Å². The van der Waals surface area contributed by atoms with E-state index in [1.165, 1.54) is 0 Å². The molecule has 1 aromatic rings. The molecule has 0 radical (unpaired) electrons. The summed E-state index contributed by atoms with van der Waals surface area (Å²) in [6.07, 6.45) is 2.12. The van der Waals surface area contributed by atoms with Gasteiger partial charge in [-0.1, -0.05) is 0 Å². The average molecular weight is 250 g/mol. The number of hydrogen-bond acceptors (Lipinski definition) is 5. The monoisotopic (exact) mass is 250 g/mol. The number of hydrogen-bond donors (Lipinski definition) is 1. The minimum absolute atomic E-state index is 0.517. The Bertz CT molecular complexity index is 349. The van der Waals surface area contributed by atoms with Gasteiger partial charge >= 0.3 is 0 Å². The number of nitrogens with one attached hydrogen (secondary N) is 1. The number of likely N-dealkylation sites (N-methyl/N-ethyl adjacent to an activating group) is 2. The van der Waals surface area contributed by atoms with Crippen molar-refractivity contribution in [3.8, 4) is 0 Å². The van der Waals surface area contributed by atoms with Crippen molar-refractivity contribution in [1.29, 1.82) is 0 Å². The summed E-state index contributed by atoms with van der Waals surface area (Å²) >= 11 is 0. The number of rotatable bonds is 5. The van der Waals surface area contributed by atoms with Crippen LogP contribution in [0.15, 0.2) is 12.1 Å². The Kier molecular flexibility index (Phi) is 4.90. The maximum Gasteiger partial charge on any atom is 0.151 e. The van der Waals surface area contributed by atoms with Crippen LogP contribution >= 0.6 is 0 Å². The highest BCUT2D eigenvalue weighted by Gasteiger charge is 2.17. The lowest BCUT2D eigenvalue weighted by atomic mass is 9.96. The smallest absolute Gasteiger partial charge is 0.151 e. The van der Waals surface area contributed by atoms with Gasteiger partial charge in [0.05, 0.1) is 5.69 Å². The largest absolute Gasteiger partial charge is 0.381 e. The van der Waals surface area contributed by atoms with Crippen LogP contribution in [0.2, 0.25) is 0 Å². The van der Waals surface area contributed by atoms with Crippen LogP contribution < -0.4 is 10.2 Å². The molecule has 0 atom stereocenters. The molecule has 1 saturated heterocycles. The van der Waals surface area contributed by atoms with Crippen LogP contribution in [0.4, 0.5) is 5.82 Å². The molecule has 100 valence electrons. The molecule has 2 rings (SSSR count). The van der Waals surface area contributed by atoms with Crippen LogP contribution in [0, 0.1) is 0 Å². The molecule has 5 heteroatoms. The van der Waals surface area contributed by atoms with Crippen LogP contribution in [0.25, 0.3) is 0 Å². The average Bonchev–Trinajstić information content (AvgIpc) is 2.46. The fourth-order valence-corrected chi connectivity index (χ4v) is 2.14. The molecule has 0 bridgehead atoms. The van der Waals surface area contributed by atoms with Crippen LogP contribution in [0.1, 0.15) is 24.5 Å².